The molecule has 0 aliphatic rings. The zero-order chi connectivity index (χ0) is 15.4. The monoisotopic (exact) mass is 310 g/mol. The maximum Gasteiger partial charge on any atom is 0.198 e. The number of nitrogens with two attached hydrogens (primary N) is 1. The van der Waals surface area contributed by atoms with Gasteiger partial charge in [0.05, 0.1) is 0 Å². The number of para-hydroxylation sites is 1. The molecule has 110 valence electrons. The van der Waals surface area contributed by atoms with Gasteiger partial charge in [-0.15, -0.1) is 11.8 Å². The average Bonchev–Trinajstić information content (AvgIpc) is 2.50. The van der Waals surface area contributed by atoms with E-state index < -0.39 is 17.4 Å². The van der Waals surface area contributed by atoms with E-state index in [9.17, 15) is 8.78 Å². The van der Waals surface area contributed by atoms with E-state index in [-0.39, 0.29) is 11.4 Å². The maximum absolute atomic E-state index is 14.0. The number of benzene rings is 2. The molecule has 0 aromatic heterocycles. The van der Waals surface area contributed by atoms with Crippen LogP contribution < -0.4 is 10.5 Å². The molecule has 0 atom stereocenters. The van der Waals surface area contributed by atoms with Crippen LogP contribution >= 0.6 is 11.8 Å². The van der Waals surface area contributed by atoms with Gasteiger partial charge in [0.15, 0.2) is 23.2 Å². The molecule has 21 heavy (non-hydrogen) atoms. The first-order valence-electron chi connectivity index (χ1n) is 5.84. The Kier molecular flexibility index (Phi) is 4.64. The van der Waals surface area contributed by atoms with Gasteiger partial charge in [0.25, 0.3) is 0 Å². The normalized spacial score (nSPS) is 11.5. The van der Waals surface area contributed by atoms with E-state index in [1.807, 2.05) is 6.26 Å². The molecule has 0 unspecified atom stereocenters. The molecule has 3 N–H and O–H groups in total. The number of hydrogen-bond donors (Lipinski definition) is 2. The molecule has 4 nitrogen and oxygen atoms in total. The van der Waals surface area contributed by atoms with Crippen LogP contribution in [0.5, 0.6) is 11.5 Å². The summed E-state index contributed by atoms with van der Waals surface area (Å²) in [6.45, 7) is 0. The highest BCUT2D eigenvalue weighted by Gasteiger charge is 2.16. The Morgan fingerprint density at radius 1 is 1.24 bits per heavy atom. The fraction of sp³-hybridized carbons (Fsp3) is 0.0714. The van der Waals surface area contributed by atoms with E-state index in [1.54, 1.807) is 24.3 Å². The van der Waals surface area contributed by atoms with E-state index in [4.69, 9.17) is 15.7 Å². The molecule has 0 saturated heterocycles. The summed E-state index contributed by atoms with van der Waals surface area (Å²) in [7, 11) is 0. The summed E-state index contributed by atoms with van der Waals surface area (Å²) in [6, 6.07) is 8.77. The number of thioether (sulfide) groups is 1. The standard InChI is InChI=1S/C14H12F2N2O2S/c1-21-12-5-3-2-4-11(12)20-13-9(15)6-8(7-10(13)16)14(17)18-19/h2-7,19H,1H3,(H2,17,18). The highest BCUT2D eigenvalue weighted by molar-refractivity contribution is 7.98. The van der Waals surface area contributed by atoms with E-state index in [0.29, 0.717) is 5.75 Å². The quantitative estimate of drug-likeness (QED) is 0.298. The van der Waals surface area contributed by atoms with Crippen LogP contribution in [0, 0.1) is 11.6 Å². The predicted octanol–water partition coefficient (Wildman–Crippen LogP) is 3.57. The molecule has 0 bridgehead atoms. The predicted molar refractivity (Wildman–Crippen MR) is 77.2 cm³/mol. The lowest BCUT2D eigenvalue weighted by Gasteiger charge is -2.11. The Labute approximate surface area is 124 Å². The summed E-state index contributed by atoms with van der Waals surface area (Å²) < 4.78 is 33.2. The van der Waals surface area contributed by atoms with Crippen LogP contribution in [-0.4, -0.2) is 17.3 Å². The minimum absolute atomic E-state index is 0.0713. The Bertz CT molecular complexity index is 669. The fourth-order valence-electron chi connectivity index (χ4n) is 1.68. The van der Waals surface area contributed by atoms with E-state index in [2.05, 4.69) is 5.16 Å². The van der Waals surface area contributed by atoms with E-state index >= 15 is 0 Å². The van der Waals surface area contributed by atoms with Crippen molar-refractivity contribution in [2.24, 2.45) is 10.9 Å². The molecular formula is C14H12F2N2O2S. The molecule has 0 aliphatic heterocycles. The first-order chi connectivity index (χ1) is 10.1. The summed E-state index contributed by atoms with van der Waals surface area (Å²) in [6.07, 6.45) is 1.83. The SMILES string of the molecule is CSc1ccccc1Oc1c(F)cc(/C(N)=N/O)cc1F. The van der Waals surface area contributed by atoms with Gasteiger partial charge in [-0.1, -0.05) is 17.3 Å². The first kappa shape index (κ1) is 15.1. The lowest BCUT2D eigenvalue weighted by atomic mass is 10.2. The molecule has 0 radical (unpaired) electrons. The minimum Gasteiger partial charge on any atom is -0.450 e. The van der Waals surface area contributed by atoms with Crippen LogP contribution in [0.1, 0.15) is 5.56 Å². The topological polar surface area (TPSA) is 67.8 Å². The molecular weight excluding hydrogens is 298 g/mol. The van der Waals surface area contributed by atoms with Crippen molar-refractivity contribution in [2.45, 2.75) is 4.90 Å². The maximum atomic E-state index is 14.0. The van der Waals surface area contributed by atoms with E-state index in [0.717, 1.165) is 17.0 Å². The van der Waals surface area contributed by atoms with Crippen molar-refractivity contribution in [3.8, 4) is 11.5 Å². The van der Waals surface area contributed by atoms with Crippen LogP contribution in [0.4, 0.5) is 8.78 Å². The van der Waals surface area contributed by atoms with Crippen LogP contribution in [-0.2, 0) is 0 Å². The van der Waals surface area contributed by atoms with Crippen molar-refractivity contribution in [2.75, 3.05) is 6.26 Å². The van der Waals surface area contributed by atoms with Gasteiger partial charge >= 0.3 is 0 Å². The van der Waals surface area contributed by atoms with E-state index in [1.165, 1.54) is 11.8 Å². The number of ether oxygens (including phenoxy) is 1. The molecule has 0 saturated carbocycles. The second-order valence-corrected chi connectivity index (χ2v) is 4.86. The largest absolute Gasteiger partial charge is 0.450 e. The Morgan fingerprint density at radius 2 is 1.86 bits per heavy atom. The van der Waals surface area contributed by atoms with Crippen LogP contribution in [0.3, 0.4) is 0 Å². The molecule has 2 aromatic rings. The number of oxime groups is 1. The molecule has 0 heterocycles. The van der Waals surface area contributed by atoms with Crippen molar-refractivity contribution < 1.29 is 18.7 Å². The number of amidine groups is 1. The summed E-state index contributed by atoms with van der Waals surface area (Å²) in [4.78, 5) is 0.747. The molecule has 0 amide bonds. The van der Waals surface area contributed by atoms with Crippen LogP contribution in [0.15, 0.2) is 46.4 Å². The van der Waals surface area contributed by atoms with Gasteiger partial charge in [-0.2, -0.15) is 0 Å². The highest BCUT2D eigenvalue weighted by atomic mass is 32.2. The number of halogens is 2. The van der Waals surface area contributed by atoms with Crippen LogP contribution in [0.2, 0.25) is 0 Å². The first-order valence-corrected chi connectivity index (χ1v) is 7.07. The van der Waals surface area contributed by atoms with Gasteiger partial charge in [0.2, 0.25) is 0 Å². The molecule has 7 heteroatoms. The van der Waals surface area contributed by atoms with Crippen molar-refractivity contribution in [3.05, 3.63) is 53.6 Å². The summed E-state index contributed by atoms with van der Waals surface area (Å²) >= 11 is 1.40. The lowest BCUT2D eigenvalue weighted by Crippen LogP contribution is -2.14. The van der Waals surface area contributed by atoms with Crippen molar-refractivity contribution in [3.63, 3.8) is 0 Å². The third-order valence-corrected chi connectivity index (χ3v) is 3.46. The summed E-state index contributed by atoms with van der Waals surface area (Å²) in [5.41, 5.74) is 5.23. The van der Waals surface area contributed by atoms with Gasteiger partial charge in [-0.3, -0.25) is 0 Å². The second kappa shape index (κ2) is 6.45. The van der Waals surface area contributed by atoms with Crippen LogP contribution in [0.25, 0.3) is 0 Å². The third-order valence-electron chi connectivity index (χ3n) is 2.68. The summed E-state index contributed by atoms with van der Waals surface area (Å²) in [5, 5.41) is 11.2. The highest BCUT2D eigenvalue weighted by Crippen LogP contribution is 2.34. The third kappa shape index (κ3) is 3.25. The molecule has 0 fully saturated rings. The minimum atomic E-state index is -0.937. The number of rotatable bonds is 4. The lowest BCUT2D eigenvalue weighted by molar-refractivity contribution is 0.318. The summed E-state index contributed by atoms with van der Waals surface area (Å²) in [5.74, 6) is -2.45. The molecule has 2 aromatic carbocycles. The number of nitrogens with zero attached hydrogens (tertiary/aromatic N) is 1. The van der Waals surface area contributed by atoms with Gasteiger partial charge in [0, 0.05) is 10.5 Å². The zero-order valence-corrected chi connectivity index (χ0v) is 11.8. The Hall–Kier alpha value is -2.28. The van der Waals surface area contributed by atoms with Gasteiger partial charge in [-0.25, -0.2) is 8.78 Å². The van der Waals surface area contributed by atoms with Crippen molar-refractivity contribution >= 4 is 17.6 Å². The zero-order valence-electron chi connectivity index (χ0n) is 11.0. The smallest absolute Gasteiger partial charge is 0.198 e. The molecule has 0 spiro atoms. The van der Waals surface area contributed by atoms with Crippen molar-refractivity contribution in [1.29, 1.82) is 0 Å². The molecule has 0 aliphatic carbocycles. The van der Waals surface area contributed by atoms with Gasteiger partial charge in [0.1, 0.15) is 5.75 Å². The molecule has 2 rings (SSSR count). The second-order valence-electron chi connectivity index (χ2n) is 4.01. The Balaban J connectivity index is 2.41. The van der Waals surface area contributed by atoms with Gasteiger partial charge in [-0.05, 0) is 30.5 Å². The van der Waals surface area contributed by atoms with Gasteiger partial charge < -0.3 is 15.7 Å². The fourth-order valence-corrected chi connectivity index (χ4v) is 2.20. The Morgan fingerprint density at radius 3 is 2.43 bits per heavy atom. The average molecular weight is 310 g/mol. The number of hydrogen-bond acceptors (Lipinski definition) is 4. The van der Waals surface area contributed by atoms with Crippen molar-refractivity contribution in [1.82, 2.24) is 0 Å².